The molecule has 0 unspecified atom stereocenters. The number of hydrogen-bond donors (Lipinski definition) is 2. The van der Waals surface area contributed by atoms with Gasteiger partial charge in [0.15, 0.2) is 0 Å². The standard InChI is InChI=1S/C24H30FN3O4S/c1-18-5-11-22(12-6-18)33(31,32)28-17-3-2-4-21(28)14-16-27-24(30)23(29)26-15-13-19-7-9-20(25)10-8-19/h5-12,21H,2-4,13-17H2,1H3,(H,26,29)(H,27,30)/t21-/m0/s1. The van der Waals surface area contributed by atoms with E-state index in [0.717, 1.165) is 24.0 Å². The SMILES string of the molecule is Cc1ccc(S(=O)(=O)N2CCCC[C@H]2CCNC(=O)C(=O)NCCc2ccc(F)cc2)cc1. The first-order valence-electron chi connectivity index (χ1n) is 11.2. The van der Waals surface area contributed by atoms with Gasteiger partial charge in [-0.2, -0.15) is 4.31 Å². The Morgan fingerprint density at radius 2 is 1.61 bits per heavy atom. The van der Waals surface area contributed by atoms with Crippen molar-refractivity contribution in [3.05, 3.63) is 65.5 Å². The summed E-state index contributed by atoms with van der Waals surface area (Å²) >= 11 is 0. The summed E-state index contributed by atoms with van der Waals surface area (Å²) < 4.78 is 40.7. The van der Waals surface area contributed by atoms with Crippen LogP contribution < -0.4 is 10.6 Å². The van der Waals surface area contributed by atoms with Gasteiger partial charge in [0.1, 0.15) is 5.82 Å². The van der Waals surface area contributed by atoms with Gasteiger partial charge in [-0.05, 0) is 62.4 Å². The Bertz CT molecular complexity index is 1060. The molecule has 0 aliphatic carbocycles. The summed E-state index contributed by atoms with van der Waals surface area (Å²) in [6, 6.07) is 12.5. The van der Waals surface area contributed by atoms with Crippen LogP contribution in [-0.2, 0) is 26.0 Å². The number of hydrogen-bond acceptors (Lipinski definition) is 4. The van der Waals surface area contributed by atoms with E-state index in [9.17, 15) is 22.4 Å². The lowest BCUT2D eigenvalue weighted by Gasteiger charge is -2.34. The molecule has 1 aliphatic rings. The van der Waals surface area contributed by atoms with E-state index in [1.807, 2.05) is 6.92 Å². The van der Waals surface area contributed by atoms with E-state index < -0.39 is 21.8 Å². The first-order chi connectivity index (χ1) is 15.8. The molecular weight excluding hydrogens is 445 g/mol. The van der Waals surface area contributed by atoms with Crippen LogP contribution in [-0.4, -0.2) is 50.2 Å². The molecule has 2 aromatic rings. The van der Waals surface area contributed by atoms with Gasteiger partial charge in [-0.1, -0.05) is 36.2 Å². The van der Waals surface area contributed by atoms with Gasteiger partial charge >= 0.3 is 11.8 Å². The van der Waals surface area contributed by atoms with Crippen LogP contribution in [0.5, 0.6) is 0 Å². The van der Waals surface area contributed by atoms with Gasteiger partial charge in [0.05, 0.1) is 4.90 Å². The topological polar surface area (TPSA) is 95.6 Å². The van der Waals surface area contributed by atoms with E-state index >= 15 is 0 Å². The number of aryl methyl sites for hydroxylation is 1. The molecule has 0 saturated carbocycles. The zero-order valence-corrected chi connectivity index (χ0v) is 19.5. The number of carbonyl (C=O) groups is 2. The summed E-state index contributed by atoms with van der Waals surface area (Å²) in [6.07, 6.45) is 3.34. The van der Waals surface area contributed by atoms with Crippen molar-refractivity contribution in [1.82, 2.24) is 14.9 Å². The summed E-state index contributed by atoms with van der Waals surface area (Å²) in [4.78, 5) is 24.4. The molecule has 1 fully saturated rings. The van der Waals surface area contributed by atoms with E-state index in [1.165, 1.54) is 16.4 Å². The fourth-order valence-electron chi connectivity index (χ4n) is 3.91. The average Bonchev–Trinajstić information content (AvgIpc) is 2.80. The van der Waals surface area contributed by atoms with E-state index in [-0.39, 0.29) is 29.8 Å². The Hall–Kier alpha value is -2.78. The third-order valence-corrected chi connectivity index (χ3v) is 7.75. The van der Waals surface area contributed by atoms with Crippen LogP contribution in [0.1, 0.15) is 36.8 Å². The largest absolute Gasteiger partial charge is 0.348 e. The number of nitrogens with zero attached hydrogens (tertiary/aromatic N) is 1. The second-order valence-corrected chi connectivity index (χ2v) is 10.1. The molecule has 2 aromatic carbocycles. The van der Waals surface area contributed by atoms with Crippen molar-refractivity contribution >= 4 is 21.8 Å². The number of sulfonamides is 1. The fourth-order valence-corrected chi connectivity index (χ4v) is 5.63. The minimum Gasteiger partial charge on any atom is -0.348 e. The molecule has 1 atom stereocenters. The first kappa shape index (κ1) is 24.9. The molecule has 33 heavy (non-hydrogen) atoms. The lowest BCUT2D eigenvalue weighted by Crippen LogP contribution is -2.46. The van der Waals surface area contributed by atoms with Crippen molar-refractivity contribution in [2.24, 2.45) is 0 Å². The number of amides is 2. The maximum atomic E-state index is 13.1. The summed E-state index contributed by atoms with van der Waals surface area (Å²) in [5.41, 5.74) is 1.84. The van der Waals surface area contributed by atoms with Crippen LogP contribution in [0, 0.1) is 12.7 Å². The number of halogens is 1. The first-order valence-corrected chi connectivity index (χ1v) is 12.6. The van der Waals surface area contributed by atoms with Gasteiger partial charge in [-0.15, -0.1) is 0 Å². The van der Waals surface area contributed by atoms with Gasteiger partial charge < -0.3 is 10.6 Å². The van der Waals surface area contributed by atoms with E-state index in [0.29, 0.717) is 25.8 Å². The molecule has 0 bridgehead atoms. The number of carbonyl (C=O) groups excluding carboxylic acids is 2. The molecule has 1 saturated heterocycles. The summed E-state index contributed by atoms with van der Waals surface area (Å²) in [6.45, 7) is 2.80. The highest BCUT2D eigenvalue weighted by Crippen LogP contribution is 2.27. The Balaban J connectivity index is 1.47. The maximum absolute atomic E-state index is 13.1. The monoisotopic (exact) mass is 475 g/mol. The normalized spacial score (nSPS) is 16.8. The van der Waals surface area contributed by atoms with Crippen molar-refractivity contribution in [2.45, 2.75) is 50.0 Å². The Morgan fingerprint density at radius 3 is 2.27 bits per heavy atom. The maximum Gasteiger partial charge on any atom is 0.309 e. The third-order valence-electron chi connectivity index (χ3n) is 5.78. The van der Waals surface area contributed by atoms with Crippen molar-refractivity contribution in [3.63, 3.8) is 0 Å². The van der Waals surface area contributed by atoms with Crippen molar-refractivity contribution in [3.8, 4) is 0 Å². The van der Waals surface area contributed by atoms with Crippen LogP contribution in [0.2, 0.25) is 0 Å². The van der Waals surface area contributed by atoms with Crippen LogP contribution in [0.3, 0.4) is 0 Å². The van der Waals surface area contributed by atoms with Crippen molar-refractivity contribution in [1.29, 1.82) is 0 Å². The minimum absolute atomic E-state index is 0.203. The molecule has 3 rings (SSSR count). The number of rotatable bonds is 8. The van der Waals surface area contributed by atoms with Crippen molar-refractivity contribution < 1.29 is 22.4 Å². The van der Waals surface area contributed by atoms with Gasteiger partial charge in [0.25, 0.3) is 0 Å². The zero-order valence-electron chi connectivity index (χ0n) is 18.7. The smallest absolute Gasteiger partial charge is 0.309 e. The van der Waals surface area contributed by atoms with Crippen LogP contribution >= 0.6 is 0 Å². The highest BCUT2D eigenvalue weighted by Gasteiger charge is 2.33. The molecule has 1 heterocycles. The molecule has 2 N–H and O–H groups in total. The molecule has 2 amide bonds. The molecule has 178 valence electrons. The molecule has 0 radical (unpaired) electrons. The molecule has 9 heteroatoms. The highest BCUT2D eigenvalue weighted by atomic mass is 32.2. The second kappa shape index (κ2) is 11.4. The molecule has 1 aliphatic heterocycles. The quantitative estimate of drug-likeness (QED) is 0.574. The number of nitrogens with one attached hydrogen (secondary N) is 2. The van der Waals surface area contributed by atoms with Gasteiger partial charge in [0.2, 0.25) is 10.0 Å². The third kappa shape index (κ3) is 6.85. The van der Waals surface area contributed by atoms with Gasteiger partial charge in [-0.25, -0.2) is 12.8 Å². The molecule has 0 spiro atoms. The van der Waals surface area contributed by atoms with Crippen LogP contribution in [0.4, 0.5) is 4.39 Å². The number of benzene rings is 2. The summed E-state index contributed by atoms with van der Waals surface area (Å²) in [7, 11) is -3.62. The molecule has 7 nitrogen and oxygen atoms in total. The zero-order chi connectivity index (χ0) is 23.8. The lowest BCUT2D eigenvalue weighted by atomic mass is 10.0. The van der Waals surface area contributed by atoms with Crippen LogP contribution in [0.25, 0.3) is 0 Å². The Labute approximate surface area is 194 Å². The van der Waals surface area contributed by atoms with Crippen molar-refractivity contribution in [2.75, 3.05) is 19.6 Å². The van der Waals surface area contributed by atoms with Gasteiger partial charge in [-0.3, -0.25) is 9.59 Å². The average molecular weight is 476 g/mol. The number of piperidine rings is 1. The van der Waals surface area contributed by atoms with Crippen LogP contribution in [0.15, 0.2) is 53.4 Å². The minimum atomic E-state index is -3.62. The lowest BCUT2D eigenvalue weighted by molar-refractivity contribution is -0.139. The predicted octanol–water partition coefficient (Wildman–Crippen LogP) is 2.54. The molecular formula is C24H30FN3O4S. The Morgan fingerprint density at radius 1 is 0.970 bits per heavy atom. The Kier molecular flexibility index (Phi) is 8.57. The van der Waals surface area contributed by atoms with E-state index in [2.05, 4.69) is 10.6 Å². The fraction of sp³-hybridized carbons (Fsp3) is 0.417. The predicted molar refractivity (Wildman–Crippen MR) is 123 cm³/mol. The molecule has 0 aromatic heterocycles. The second-order valence-electron chi connectivity index (χ2n) is 8.26. The van der Waals surface area contributed by atoms with E-state index in [1.54, 1.807) is 36.4 Å². The van der Waals surface area contributed by atoms with Gasteiger partial charge in [0, 0.05) is 25.7 Å². The van der Waals surface area contributed by atoms with E-state index in [4.69, 9.17) is 0 Å². The highest BCUT2D eigenvalue weighted by molar-refractivity contribution is 7.89. The summed E-state index contributed by atoms with van der Waals surface area (Å²) in [5.74, 6) is -1.83. The summed E-state index contributed by atoms with van der Waals surface area (Å²) in [5, 5.41) is 5.13.